The van der Waals surface area contributed by atoms with E-state index in [0.717, 1.165) is 5.56 Å². The maximum Gasteiger partial charge on any atom is 0.275 e. The molecule has 0 saturated heterocycles. The Labute approximate surface area is 65.5 Å². The molecule has 1 heterocycles. The molecule has 0 unspecified atom stereocenters. The molecule has 2 N–H and O–H groups in total. The second-order valence-electron chi connectivity index (χ2n) is 1.96. The van der Waals surface area contributed by atoms with E-state index in [2.05, 4.69) is 0 Å². The van der Waals surface area contributed by atoms with Gasteiger partial charge in [0.2, 0.25) is 0 Å². The van der Waals surface area contributed by atoms with Gasteiger partial charge in [-0.3, -0.25) is 5.73 Å². The van der Waals surface area contributed by atoms with Crippen molar-refractivity contribution in [3.8, 4) is 0 Å². The Balaban J connectivity index is 0.000000810. The number of nitrogens with zero attached hydrogens (tertiary/aromatic N) is 1. The van der Waals surface area contributed by atoms with Crippen molar-refractivity contribution in [1.29, 1.82) is 0 Å². The van der Waals surface area contributed by atoms with Crippen LogP contribution in [-0.2, 0) is 0 Å². The number of halogens is 1. The molecule has 0 aliphatic heterocycles. The summed E-state index contributed by atoms with van der Waals surface area (Å²) in [7, 11) is 0. The van der Waals surface area contributed by atoms with Crippen LogP contribution in [0.3, 0.4) is 0 Å². The molecule has 1 rings (SSSR count). The largest absolute Gasteiger partial charge is 0.711 e. The molecule has 0 aliphatic rings. The lowest BCUT2D eigenvalue weighted by Gasteiger charge is -2.03. The zero-order valence-electron chi connectivity index (χ0n) is 5.57. The number of nitrogens with two attached hydrogens (primary N) is 1. The van der Waals surface area contributed by atoms with Crippen molar-refractivity contribution in [3.05, 3.63) is 29.1 Å². The molecule has 1 aromatic heterocycles. The first-order valence-electron chi connectivity index (χ1n) is 2.65. The number of anilines is 1. The van der Waals surface area contributed by atoms with E-state index < -0.39 is 0 Å². The van der Waals surface area contributed by atoms with Gasteiger partial charge < -0.3 is 5.21 Å². The Bertz CT molecular complexity index is 227. The number of aryl methyl sites for hydroxylation is 1. The molecule has 0 radical (unpaired) electrons. The van der Waals surface area contributed by atoms with E-state index in [9.17, 15) is 5.21 Å². The minimum Gasteiger partial charge on any atom is -0.711 e. The van der Waals surface area contributed by atoms with E-state index in [4.69, 9.17) is 5.73 Å². The fourth-order valence-corrected chi connectivity index (χ4v) is 0.593. The lowest BCUT2D eigenvalue weighted by Crippen LogP contribution is -2.29. The number of hydrogen-bond acceptors (Lipinski definition) is 2. The number of pyridine rings is 1. The highest BCUT2D eigenvalue weighted by Crippen LogP contribution is 1.95. The van der Waals surface area contributed by atoms with Crippen molar-refractivity contribution in [2.24, 2.45) is 0 Å². The van der Waals surface area contributed by atoms with Crippen LogP contribution in [-0.4, -0.2) is 0 Å². The normalized spacial score (nSPS) is 8.50. The van der Waals surface area contributed by atoms with Gasteiger partial charge in [0.25, 0.3) is 5.82 Å². The number of aromatic nitrogens is 1. The fraction of sp³-hybridized carbons (Fsp3) is 0.167. The summed E-state index contributed by atoms with van der Waals surface area (Å²) < 4.78 is 0.648. The van der Waals surface area contributed by atoms with Gasteiger partial charge in [0.15, 0.2) is 0 Å². The predicted octanol–water partition coefficient (Wildman–Crippen LogP) is 0.632. The molecule has 1 aromatic rings. The third kappa shape index (κ3) is 1.77. The molecule has 3 nitrogen and oxygen atoms in total. The van der Waals surface area contributed by atoms with Gasteiger partial charge >= 0.3 is 0 Å². The quantitative estimate of drug-likeness (QED) is 0.447. The molecule has 4 heteroatoms. The molecule has 0 fully saturated rings. The summed E-state index contributed by atoms with van der Waals surface area (Å²) in [6.45, 7) is 1.84. The van der Waals surface area contributed by atoms with Gasteiger partial charge in [0, 0.05) is 6.07 Å². The lowest BCUT2D eigenvalue weighted by molar-refractivity contribution is -0.590. The first-order chi connectivity index (χ1) is 4.20. The Morgan fingerprint density at radius 1 is 1.50 bits per heavy atom. The van der Waals surface area contributed by atoms with Crippen LogP contribution in [0.4, 0.5) is 5.82 Å². The second kappa shape index (κ2) is 3.27. The Morgan fingerprint density at radius 2 is 2.10 bits per heavy atom. The number of rotatable bonds is 0. The molecule has 0 atom stereocenters. The summed E-state index contributed by atoms with van der Waals surface area (Å²) in [4.78, 5) is 0. The average Bonchev–Trinajstić information content (AvgIpc) is 1.80. The highest BCUT2D eigenvalue weighted by molar-refractivity contribution is 5.85. The maximum atomic E-state index is 10.6. The van der Waals surface area contributed by atoms with Crippen LogP contribution in [0, 0.1) is 12.1 Å². The van der Waals surface area contributed by atoms with Crippen LogP contribution in [0.15, 0.2) is 18.3 Å². The Morgan fingerprint density at radius 3 is 2.50 bits per heavy atom. The third-order valence-electron chi connectivity index (χ3n) is 1.09. The first-order valence-corrected chi connectivity index (χ1v) is 2.65. The second-order valence-corrected chi connectivity index (χ2v) is 1.96. The van der Waals surface area contributed by atoms with Crippen molar-refractivity contribution in [3.63, 3.8) is 0 Å². The highest BCUT2D eigenvalue weighted by Gasteiger charge is 1.92. The predicted molar refractivity (Wildman–Crippen MR) is 41.8 cm³/mol. The zero-order chi connectivity index (χ0) is 6.85. The van der Waals surface area contributed by atoms with Gasteiger partial charge in [-0.25, -0.2) is 4.73 Å². The molecule has 0 saturated carbocycles. The van der Waals surface area contributed by atoms with Gasteiger partial charge in [-0.1, -0.05) is 0 Å². The molecule has 10 heavy (non-hydrogen) atoms. The fourth-order valence-electron chi connectivity index (χ4n) is 0.593. The standard InChI is InChI=1S/C6H8N2O.ClH/c1-5-2-3-6(7)8(9)4-5;/h2-4H,7H2,1H3;1H. The van der Waals surface area contributed by atoms with Gasteiger partial charge in [-0.2, -0.15) is 0 Å². The summed E-state index contributed by atoms with van der Waals surface area (Å²) in [5.41, 5.74) is 6.16. The van der Waals surface area contributed by atoms with Crippen molar-refractivity contribution in [1.82, 2.24) is 0 Å². The molecule has 0 aliphatic carbocycles. The number of hydrogen-bond donors (Lipinski definition) is 1. The van der Waals surface area contributed by atoms with Crippen molar-refractivity contribution in [2.45, 2.75) is 6.92 Å². The molecule has 0 amide bonds. The molecule has 0 aromatic carbocycles. The van der Waals surface area contributed by atoms with Crippen molar-refractivity contribution < 1.29 is 4.73 Å². The summed E-state index contributed by atoms with van der Waals surface area (Å²) in [6, 6.07) is 3.38. The number of nitrogen functional groups attached to an aromatic ring is 1. The molecule has 0 spiro atoms. The smallest absolute Gasteiger partial charge is 0.275 e. The van der Waals surface area contributed by atoms with E-state index in [1.807, 2.05) is 6.92 Å². The van der Waals surface area contributed by atoms with E-state index in [-0.39, 0.29) is 18.2 Å². The van der Waals surface area contributed by atoms with Crippen LogP contribution in [0.1, 0.15) is 5.56 Å². The molecule has 56 valence electrons. The van der Waals surface area contributed by atoms with E-state index in [1.54, 1.807) is 12.1 Å². The van der Waals surface area contributed by atoms with Gasteiger partial charge in [0.05, 0.1) is 6.20 Å². The SMILES string of the molecule is Cc1ccc(N)[n+]([O-])c1.Cl. The van der Waals surface area contributed by atoms with Crippen molar-refractivity contribution in [2.75, 3.05) is 5.73 Å². The maximum absolute atomic E-state index is 10.6. The van der Waals surface area contributed by atoms with Crippen LogP contribution in [0.25, 0.3) is 0 Å². The summed E-state index contributed by atoms with van der Waals surface area (Å²) in [5, 5.41) is 10.6. The summed E-state index contributed by atoms with van der Waals surface area (Å²) >= 11 is 0. The van der Waals surface area contributed by atoms with E-state index in [0.29, 0.717) is 4.73 Å². The average molecular weight is 161 g/mol. The van der Waals surface area contributed by atoms with Gasteiger partial charge in [-0.15, -0.1) is 12.4 Å². The zero-order valence-corrected chi connectivity index (χ0v) is 6.39. The van der Waals surface area contributed by atoms with Crippen molar-refractivity contribution >= 4 is 18.2 Å². The van der Waals surface area contributed by atoms with Crippen LogP contribution < -0.4 is 10.5 Å². The van der Waals surface area contributed by atoms with Gasteiger partial charge in [-0.05, 0) is 18.6 Å². The van der Waals surface area contributed by atoms with Crippen LogP contribution in [0.2, 0.25) is 0 Å². The minimum absolute atomic E-state index is 0. The first kappa shape index (κ1) is 9.04. The molecular formula is C6H9ClN2O. The summed E-state index contributed by atoms with van der Waals surface area (Å²) in [6.07, 6.45) is 1.44. The third-order valence-corrected chi connectivity index (χ3v) is 1.09. The Hall–Kier alpha value is -0.960. The minimum atomic E-state index is 0. The van der Waals surface area contributed by atoms with Crippen LogP contribution in [0.5, 0.6) is 0 Å². The lowest BCUT2D eigenvalue weighted by atomic mass is 10.3. The summed E-state index contributed by atoms with van der Waals surface area (Å²) in [5.74, 6) is 0.237. The molecular weight excluding hydrogens is 152 g/mol. The highest BCUT2D eigenvalue weighted by atomic mass is 35.5. The van der Waals surface area contributed by atoms with E-state index in [1.165, 1.54) is 6.20 Å². The van der Waals surface area contributed by atoms with E-state index >= 15 is 0 Å². The molecule has 0 bridgehead atoms. The van der Waals surface area contributed by atoms with Crippen LogP contribution >= 0.6 is 12.4 Å². The Kier molecular flexibility index (Phi) is 2.96. The topological polar surface area (TPSA) is 53.0 Å². The van der Waals surface area contributed by atoms with Gasteiger partial charge in [0.1, 0.15) is 0 Å². The monoisotopic (exact) mass is 160 g/mol.